The molecule has 0 N–H and O–H groups in total. The first-order chi connectivity index (χ1) is 9.60. The minimum atomic E-state index is -0.270. The van der Waals surface area contributed by atoms with Crippen LogP contribution in [0.1, 0.15) is 30.9 Å². The molecule has 2 aromatic rings. The van der Waals surface area contributed by atoms with Crippen LogP contribution in [-0.2, 0) is 6.42 Å². The van der Waals surface area contributed by atoms with Crippen molar-refractivity contribution in [2.45, 2.75) is 36.0 Å². The normalized spacial score (nSPS) is 10.6. The number of hydrogen-bond donors (Lipinski definition) is 0. The lowest BCUT2D eigenvalue weighted by atomic mass is 10.0. The van der Waals surface area contributed by atoms with Crippen LogP contribution in [0.2, 0.25) is 0 Å². The van der Waals surface area contributed by atoms with Gasteiger partial charge in [0.05, 0.1) is 12.5 Å². The van der Waals surface area contributed by atoms with Crippen molar-refractivity contribution in [1.82, 2.24) is 0 Å². The van der Waals surface area contributed by atoms with Crippen molar-refractivity contribution in [2.24, 2.45) is 0 Å². The van der Waals surface area contributed by atoms with Crippen LogP contribution < -0.4 is 0 Å². The van der Waals surface area contributed by atoms with E-state index in [1.54, 1.807) is 6.07 Å². The molecule has 0 atom stereocenters. The maximum atomic E-state index is 13.4. The number of hydrogen-bond acceptors (Lipinski definition) is 2. The van der Waals surface area contributed by atoms with Gasteiger partial charge >= 0.3 is 0 Å². The fourth-order valence-electron chi connectivity index (χ4n) is 1.90. The fourth-order valence-corrected chi connectivity index (χ4v) is 2.87. The van der Waals surface area contributed by atoms with Crippen molar-refractivity contribution < 1.29 is 4.39 Å². The van der Waals surface area contributed by atoms with E-state index >= 15 is 0 Å². The molecule has 102 valence electrons. The van der Waals surface area contributed by atoms with E-state index in [0.717, 1.165) is 15.4 Å². The van der Waals surface area contributed by atoms with Crippen LogP contribution in [0.15, 0.2) is 52.3 Å². The van der Waals surface area contributed by atoms with Crippen molar-refractivity contribution >= 4 is 11.8 Å². The van der Waals surface area contributed by atoms with E-state index in [0.29, 0.717) is 12.3 Å². The average Bonchev–Trinajstić information content (AvgIpc) is 2.42. The van der Waals surface area contributed by atoms with Gasteiger partial charge in [0.25, 0.3) is 0 Å². The quantitative estimate of drug-likeness (QED) is 0.774. The SMILES string of the molecule is CC(C)c1ccc(Sc2cc(F)ccc2CC#N)cc1. The Morgan fingerprint density at radius 1 is 1.15 bits per heavy atom. The maximum Gasteiger partial charge on any atom is 0.124 e. The number of halogens is 1. The smallest absolute Gasteiger partial charge is 0.124 e. The lowest BCUT2D eigenvalue weighted by Gasteiger charge is -2.09. The van der Waals surface area contributed by atoms with Crippen LogP contribution in [0.5, 0.6) is 0 Å². The molecule has 3 heteroatoms. The molecule has 0 aromatic heterocycles. The van der Waals surface area contributed by atoms with Crippen LogP contribution in [0.4, 0.5) is 4.39 Å². The van der Waals surface area contributed by atoms with Crippen LogP contribution in [0.3, 0.4) is 0 Å². The highest BCUT2D eigenvalue weighted by Gasteiger charge is 2.07. The Hall–Kier alpha value is -1.79. The summed E-state index contributed by atoms with van der Waals surface area (Å²) >= 11 is 1.50. The zero-order valence-electron chi connectivity index (χ0n) is 11.6. The van der Waals surface area contributed by atoms with Crippen molar-refractivity contribution in [3.8, 4) is 6.07 Å². The molecule has 2 rings (SSSR count). The van der Waals surface area contributed by atoms with Gasteiger partial charge in [-0.1, -0.05) is 43.8 Å². The summed E-state index contributed by atoms with van der Waals surface area (Å²) in [4.78, 5) is 1.86. The third-order valence-electron chi connectivity index (χ3n) is 3.07. The minimum absolute atomic E-state index is 0.270. The Kier molecular flexibility index (Phi) is 4.81. The van der Waals surface area contributed by atoms with Gasteiger partial charge in [-0.05, 0) is 41.3 Å². The number of benzene rings is 2. The Morgan fingerprint density at radius 3 is 2.45 bits per heavy atom. The molecule has 0 heterocycles. The Labute approximate surface area is 123 Å². The van der Waals surface area contributed by atoms with Gasteiger partial charge in [0.2, 0.25) is 0 Å². The lowest BCUT2D eigenvalue weighted by Crippen LogP contribution is -1.89. The fraction of sp³-hybridized carbons (Fsp3) is 0.235. The predicted octanol–water partition coefficient (Wildman–Crippen LogP) is 5.17. The topological polar surface area (TPSA) is 23.8 Å². The summed E-state index contributed by atoms with van der Waals surface area (Å²) in [6, 6.07) is 15.0. The van der Waals surface area contributed by atoms with E-state index in [2.05, 4.69) is 32.0 Å². The van der Waals surface area contributed by atoms with Gasteiger partial charge in [0, 0.05) is 9.79 Å². The van der Waals surface area contributed by atoms with Crippen molar-refractivity contribution in [3.05, 3.63) is 59.4 Å². The van der Waals surface area contributed by atoms with Crippen molar-refractivity contribution in [3.63, 3.8) is 0 Å². The van der Waals surface area contributed by atoms with Crippen molar-refractivity contribution in [1.29, 1.82) is 5.26 Å². The molecular formula is C17H16FNS. The van der Waals surface area contributed by atoms with Gasteiger partial charge in [-0.2, -0.15) is 5.26 Å². The summed E-state index contributed by atoms with van der Waals surface area (Å²) < 4.78 is 13.4. The summed E-state index contributed by atoms with van der Waals surface area (Å²) in [7, 11) is 0. The molecule has 0 saturated heterocycles. The van der Waals surface area contributed by atoms with E-state index in [9.17, 15) is 4.39 Å². The third kappa shape index (κ3) is 3.61. The molecule has 0 bridgehead atoms. The van der Waals surface area contributed by atoms with Gasteiger partial charge in [-0.15, -0.1) is 0 Å². The van der Waals surface area contributed by atoms with Gasteiger partial charge in [-0.3, -0.25) is 0 Å². The summed E-state index contributed by atoms with van der Waals surface area (Å²) in [6.07, 6.45) is 0.298. The van der Waals surface area contributed by atoms with Crippen LogP contribution in [-0.4, -0.2) is 0 Å². The largest absolute Gasteiger partial charge is 0.207 e. The first-order valence-corrected chi connectivity index (χ1v) is 7.35. The monoisotopic (exact) mass is 285 g/mol. The molecule has 0 unspecified atom stereocenters. The summed E-state index contributed by atoms with van der Waals surface area (Å²) in [5.74, 6) is 0.227. The second-order valence-electron chi connectivity index (χ2n) is 4.91. The Morgan fingerprint density at radius 2 is 1.85 bits per heavy atom. The Balaban J connectivity index is 2.25. The van der Waals surface area contributed by atoms with Gasteiger partial charge in [0.1, 0.15) is 5.82 Å². The van der Waals surface area contributed by atoms with E-state index in [4.69, 9.17) is 5.26 Å². The van der Waals surface area contributed by atoms with E-state index < -0.39 is 0 Å². The highest BCUT2D eigenvalue weighted by Crippen LogP contribution is 2.32. The molecule has 1 nitrogen and oxygen atoms in total. The first kappa shape index (κ1) is 14.6. The molecule has 0 aliphatic heterocycles. The summed E-state index contributed by atoms with van der Waals surface area (Å²) in [6.45, 7) is 4.31. The predicted molar refractivity (Wildman–Crippen MR) is 80.4 cm³/mol. The van der Waals surface area contributed by atoms with Gasteiger partial charge in [0.15, 0.2) is 0 Å². The van der Waals surface area contributed by atoms with Crippen LogP contribution in [0, 0.1) is 17.1 Å². The molecule has 0 spiro atoms. The molecule has 0 radical (unpaired) electrons. The van der Waals surface area contributed by atoms with Crippen LogP contribution in [0.25, 0.3) is 0 Å². The summed E-state index contributed by atoms with van der Waals surface area (Å²) in [5.41, 5.74) is 2.15. The highest BCUT2D eigenvalue weighted by atomic mass is 32.2. The second-order valence-corrected chi connectivity index (χ2v) is 6.03. The first-order valence-electron chi connectivity index (χ1n) is 6.53. The van der Waals surface area contributed by atoms with E-state index in [1.165, 1.54) is 29.5 Å². The number of nitriles is 1. The molecular weight excluding hydrogens is 269 g/mol. The van der Waals surface area contributed by atoms with Crippen molar-refractivity contribution in [2.75, 3.05) is 0 Å². The number of nitrogens with zero attached hydrogens (tertiary/aromatic N) is 1. The van der Waals surface area contributed by atoms with Gasteiger partial charge < -0.3 is 0 Å². The molecule has 0 aliphatic rings. The average molecular weight is 285 g/mol. The minimum Gasteiger partial charge on any atom is -0.207 e. The van der Waals surface area contributed by atoms with E-state index in [1.807, 2.05) is 12.1 Å². The van der Waals surface area contributed by atoms with Crippen LogP contribution >= 0.6 is 11.8 Å². The van der Waals surface area contributed by atoms with Gasteiger partial charge in [-0.25, -0.2) is 4.39 Å². The maximum absolute atomic E-state index is 13.4. The molecule has 0 aliphatic carbocycles. The third-order valence-corrected chi connectivity index (χ3v) is 4.18. The van der Waals surface area contributed by atoms with E-state index in [-0.39, 0.29) is 5.82 Å². The lowest BCUT2D eigenvalue weighted by molar-refractivity contribution is 0.623. The Bertz CT molecular complexity index is 626. The molecule has 0 fully saturated rings. The molecule has 0 amide bonds. The second kappa shape index (κ2) is 6.58. The number of rotatable bonds is 4. The standard InChI is InChI=1S/C17H16FNS/c1-12(2)13-4-7-16(8-5-13)20-17-11-15(18)6-3-14(17)9-10-19/h3-8,11-12H,9H2,1-2H3. The summed E-state index contributed by atoms with van der Waals surface area (Å²) in [5, 5.41) is 8.82. The molecule has 20 heavy (non-hydrogen) atoms. The highest BCUT2D eigenvalue weighted by molar-refractivity contribution is 7.99. The zero-order chi connectivity index (χ0) is 14.5. The zero-order valence-corrected chi connectivity index (χ0v) is 12.4. The molecule has 0 saturated carbocycles. The molecule has 2 aromatic carbocycles.